The molecule has 3 N–H and O–H groups in total. The molecule has 0 aliphatic rings. The topological polar surface area (TPSA) is 95.5 Å². The first-order valence-electron chi connectivity index (χ1n) is 8.89. The highest BCUT2D eigenvalue weighted by Crippen LogP contribution is 2.23. The van der Waals surface area contributed by atoms with Crippen LogP contribution in [0.1, 0.15) is 49.2 Å². The molecule has 0 aliphatic carbocycles. The SMILES string of the molecule is CC(C)CCNc1ccc(S(=O)(=O)N[C@H](C)c2ccccc2)cc1C(=O)O. The van der Waals surface area contributed by atoms with Crippen LogP contribution in [-0.2, 0) is 10.0 Å². The fraction of sp³-hybridized carbons (Fsp3) is 0.350. The number of benzene rings is 2. The summed E-state index contributed by atoms with van der Waals surface area (Å²) >= 11 is 0. The third kappa shape index (κ3) is 5.80. The van der Waals surface area contributed by atoms with Crippen LogP contribution in [0.4, 0.5) is 5.69 Å². The van der Waals surface area contributed by atoms with Crippen molar-refractivity contribution in [2.75, 3.05) is 11.9 Å². The zero-order chi connectivity index (χ0) is 20.0. The first-order chi connectivity index (χ1) is 12.7. The Kier molecular flexibility index (Phi) is 6.98. The Morgan fingerprint density at radius 1 is 1.07 bits per heavy atom. The maximum Gasteiger partial charge on any atom is 0.337 e. The number of carboxylic acid groups (broad SMARTS) is 1. The van der Waals surface area contributed by atoms with Gasteiger partial charge in [-0.15, -0.1) is 0 Å². The zero-order valence-corrected chi connectivity index (χ0v) is 16.6. The highest BCUT2D eigenvalue weighted by atomic mass is 32.2. The normalized spacial score (nSPS) is 12.7. The Morgan fingerprint density at radius 3 is 2.33 bits per heavy atom. The molecular formula is C20H26N2O4S. The largest absolute Gasteiger partial charge is 0.478 e. The molecule has 0 saturated carbocycles. The van der Waals surface area contributed by atoms with Gasteiger partial charge in [0.05, 0.1) is 10.5 Å². The van der Waals surface area contributed by atoms with Crippen LogP contribution in [0.3, 0.4) is 0 Å². The van der Waals surface area contributed by atoms with Gasteiger partial charge < -0.3 is 10.4 Å². The fourth-order valence-corrected chi connectivity index (χ4v) is 3.89. The molecule has 0 heterocycles. The monoisotopic (exact) mass is 390 g/mol. The maximum absolute atomic E-state index is 12.7. The third-order valence-corrected chi connectivity index (χ3v) is 5.74. The molecule has 6 nitrogen and oxygen atoms in total. The number of aromatic carboxylic acids is 1. The maximum atomic E-state index is 12.7. The number of carbonyl (C=O) groups is 1. The molecule has 0 amide bonds. The molecule has 0 fully saturated rings. The van der Waals surface area contributed by atoms with Crippen molar-refractivity contribution in [1.82, 2.24) is 4.72 Å². The molecular weight excluding hydrogens is 364 g/mol. The molecule has 0 unspecified atom stereocenters. The van der Waals surface area contributed by atoms with Gasteiger partial charge in [-0.05, 0) is 43.0 Å². The lowest BCUT2D eigenvalue weighted by atomic mass is 10.1. The van der Waals surface area contributed by atoms with Gasteiger partial charge in [0.15, 0.2) is 0 Å². The van der Waals surface area contributed by atoms with E-state index in [0.717, 1.165) is 12.0 Å². The first-order valence-corrected chi connectivity index (χ1v) is 10.4. The van der Waals surface area contributed by atoms with Crippen molar-refractivity contribution < 1.29 is 18.3 Å². The van der Waals surface area contributed by atoms with E-state index in [1.165, 1.54) is 18.2 Å². The number of hydrogen-bond acceptors (Lipinski definition) is 4. The van der Waals surface area contributed by atoms with Crippen LogP contribution in [0, 0.1) is 5.92 Å². The van der Waals surface area contributed by atoms with Gasteiger partial charge in [0.25, 0.3) is 0 Å². The van der Waals surface area contributed by atoms with Gasteiger partial charge in [-0.2, -0.15) is 0 Å². The summed E-state index contributed by atoms with van der Waals surface area (Å²) in [5.74, 6) is -0.690. The van der Waals surface area contributed by atoms with Crippen molar-refractivity contribution in [3.05, 3.63) is 59.7 Å². The molecule has 146 valence electrons. The number of nitrogens with one attached hydrogen (secondary N) is 2. The molecule has 0 aromatic heterocycles. The molecule has 0 saturated heterocycles. The second kappa shape index (κ2) is 9.01. The molecule has 2 rings (SSSR count). The minimum absolute atomic E-state index is 0.0611. The van der Waals surface area contributed by atoms with Crippen LogP contribution in [0.25, 0.3) is 0 Å². The van der Waals surface area contributed by atoms with Crippen LogP contribution in [-0.4, -0.2) is 26.0 Å². The van der Waals surface area contributed by atoms with E-state index in [0.29, 0.717) is 18.2 Å². The van der Waals surface area contributed by atoms with Gasteiger partial charge in [0, 0.05) is 18.3 Å². The van der Waals surface area contributed by atoms with Gasteiger partial charge >= 0.3 is 5.97 Å². The predicted octanol–water partition coefficient (Wildman–Crippen LogP) is 3.88. The average Bonchev–Trinajstić information content (AvgIpc) is 2.61. The average molecular weight is 391 g/mol. The molecule has 7 heteroatoms. The summed E-state index contributed by atoms with van der Waals surface area (Å²) in [5.41, 5.74) is 1.18. The van der Waals surface area contributed by atoms with E-state index in [2.05, 4.69) is 23.9 Å². The van der Waals surface area contributed by atoms with Crippen molar-refractivity contribution >= 4 is 21.7 Å². The smallest absolute Gasteiger partial charge is 0.337 e. The zero-order valence-electron chi connectivity index (χ0n) is 15.8. The Labute approximate surface area is 160 Å². The van der Waals surface area contributed by atoms with E-state index in [4.69, 9.17) is 0 Å². The van der Waals surface area contributed by atoms with E-state index in [-0.39, 0.29) is 10.5 Å². The lowest BCUT2D eigenvalue weighted by Gasteiger charge is -2.16. The molecule has 0 radical (unpaired) electrons. The lowest BCUT2D eigenvalue weighted by molar-refractivity contribution is 0.0697. The summed E-state index contributed by atoms with van der Waals surface area (Å²) in [4.78, 5) is 11.5. The Bertz CT molecular complexity index is 880. The molecule has 2 aromatic rings. The molecule has 0 bridgehead atoms. The van der Waals surface area contributed by atoms with E-state index in [1.54, 1.807) is 6.92 Å². The lowest BCUT2D eigenvalue weighted by Crippen LogP contribution is -2.27. The van der Waals surface area contributed by atoms with E-state index >= 15 is 0 Å². The van der Waals surface area contributed by atoms with E-state index in [9.17, 15) is 18.3 Å². The minimum atomic E-state index is -3.86. The summed E-state index contributed by atoms with van der Waals surface area (Å²) in [6.45, 7) is 6.52. The van der Waals surface area contributed by atoms with Crippen molar-refractivity contribution in [2.45, 2.75) is 38.1 Å². The van der Waals surface area contributed by atoms with Crippen LogP contribution in [0.15, 0.2) is 53.4 Å². The second-order valence-corrected chi connectivity index (χ2v) is 8.59. The summed E-state index contributed by atoms with van der Waals surface area (Å²) in [6, 6.07) is 12.9. The van der Waals surface area contributed by atoms with Crippen molar-refractivity contribution in [3.63, 3.8) is 0 Å². The summed E-state index contributed by atoms with van der Waals surface area (Å²) < 4.78 is 28.0. The summed E-state index contributed by atoms with van der Waals surface area (Å²) in [5, 5.41) is 12.5. The Morgan fingerprint density at radius 2 is 1.74 bits per heavy atom. The number of rotatable bonds is 9. The van der Waals surface area contributed by atoms with Crippen LogP contribution >= 0.6 is 0 Å². The van der Waals surface area contributed by atoms with E-state index < -0.39 is 22.0 Å². The highest BCUT2D eigenvalue weighted by Gasteiger charge is 2.21. The fourth-order valence-electron chi connectivity index (χ4n) is 2.63. The number of sulfonamides is 1. The number of anilines is 1. The second-order valence-electron chi connectivity index (χ2n) is 6.88. The highest BCUT2D eigenvalue weighted by molar-refractivity contribution is 7.89. The van der Waals surface area contributed by atoms with E-state index in [1.807, 2.05) is 30.3 Å². The Balaban J connectivity index is 2.23. The molecule has 27 heavy (non-hydrogen) atoms. The minimum Gasteiger partial charge on any atom is -0.478 e. The van der Waals surface area contributed by atoms with Gasteiger partial charge in [-0.1, -0.05) is 44.2 Å². The van der Waals surface area contributed by atoms with Crippen LogP contribution in [0.5, 0.6) is 0 Å². The predicted molar refractivity (Wildman–Crippen MR) is 107 cm³/mol. The molecule has 0 spiro atoms. The van der Waals surface area contributed by atoms with Gasteiger partial charge in [0.1, 0.15) is 0 Å². The van der Waals surface area contributed by atoms with Gasteiger partial charge in [-0.25, -0.2) is 17.9 Å². The van der Waals surface area contributed by atoms with Crippen molar-refractivity contribution in [1.29, 1.82) is 0 Å². The third-order valence-electron chi connectivity index (χ3n) is 4.20. The molecule has 2 aromatic carbocycles. The summed E-state index contributed by atoms with van der Waals surface area (Å²) in [6.07, 6.45) is 0.884. The van der Waals surface area contributed by atoms with Gasteiger partial charge in [0.2, 0.25) is 10.0 Å². The summed E-state index contributed by atoms with van der Waals surface area (Å²) in [7, 11) is -3.86. The number of carboxylic acids is 1. The Hall–Kier alpha value is -2.38. The first kappa shape index (κ1) is 20.9. The number of hydrogen-bond donors (Lipinski definition) is 3. The van der Waals surface area contributed by atoms with Crippen LogP contribution in [0.2, 0.25) is 0 Å². The standard InChI is InChI=1S/C20H26N2O4S/c1-14(2)11-12-21-19-10-9-17(13-18(19)20(23)24)27(25,26)22-15(3)16-7-5-4-6-8-16/h4-10,13-15,21-22H,11-12H2,1-3H3,(H,23,24)/t15-/m1/s1. The molecule has 1 atom stereocenters. The van der Waals surface area contributed by atoms with Crippen LogP contribution < -0.4 is 10.0 Å². The van der Waals surface area contributed by atoms with Crippen molar-refractivity contribution in [2.24, 2.45) is 5.92 Å². The van der Waals surface area contributed by atoms with Gasteiger partial charge in [-0.3, -0.25) is 0 Å². The molecule has 0 aliphatic heterocycles. The van der Waals surface area contributed by atoms with Crippen molar-refractivity contribution in [3.8, 4) is 0 Å². The quantitative estimate of drug-likeness (QED) is 0.604.